The molecule has 0 bridgehead atoms. The summed E-state index contributed by atoms with van der Waals surface area (Å²) in [7, 11) is -3.82. The quantitative estimate of drug-likeness (QED) is 0.638. The van der Waals surface area contributed by atoms with Gasteiger partial charge in [0.15, 0.2) is 0 Å². The molecule has 1 aromatic heterocycles. The lowest BCUT2D eigenvalue weighted by atomic mass is 10.0. The van der Waals surface area contributed by atoms with Gasteiger partial charge in [0.1, 0.15) is 5.82 Å². The van der Waals surface area contributed by atoms with Gasteiger partial charge in [-0.2, -0.15) is 17.9 Å². The first-order valence-electron chi connectivity index (χ1n) is 9.72. The number of benzene rings is 1. The molecule has 0 radical (unpaired) electrons. The molecule has 0 atom stereocenters. The summed E-state index contributed by atoms with van der Waals surface area (Å²) in [4.78, 5) is 18.3. The summed E-state index contributed by atoms with van der Waals surface area (Å²) in [6.07, 6.45) is 2.58. The van der Waals surface area contributed by atoms with Crippen LogP contribution in [0.15, 0.2) is 47.5 Å². The summed E-state index contributed by atoms with van der Waals surface area (Å²) in [6, 6.07) is 7.79. The van der Waals surface area contributed by atoms with E-state index in [1.807, 2.05) is 4.90 Å². The van der Waals surface area contributed by atoms with E-state index in [0.29, 0.717) is 31.7 Å². The molecule has 0 saturated carbocycles. The Morgan fingerprint density at radius 2 is 1.94 bits per heavy atom. The second-order valence-electron chi connectivity index (χ2n) is 7.19. The van der Waals surface area contributed by atoms with Gasteiger partial charge < -0.3 is 10.2 Å². The van der Waals surface area contributed by atoms with Crippen LogP contribution in [0.25, 0.3) is 0 Å². The smallest absolute Gasteiger partial charge is 0.356 e. The molecule has 2 aromatic rings. The van der Waals surface area contributed by atoms with Crippen LogP contribution < -0.4 is 14.9 Å². The largest absolute Gasteiger partial charge is 0.417 e. The van der Waals surface area contributed by atoms with Gasteiger partial charge in [-0.05, 0) is 43.2 Å². The van der Waals surface area contributed by atoms with Gasteiger partial charge in [-0.25, -0.2) is 13.4 Å². The van der Waals surface area contributed by atoms with Crippen molar-refractivity contribution < 1.29 is 26.4 Å². The second-order valence-corrected chi connectivity index (χ2v) is 8.96. The molecular formula is C21H21F3N4O3S. The fourth-order valence-corrected chi connectivity index (χ4v) is 4.27. The van der Waals surface area contributed by atoms with Crippen LogP contribution in [0.3, 0.4) is 0 Å². The molecule has 11 heteroatoms. The number of piperidine rings is 1. The van der Waals surface area contributed by atoms with Crippen molar-refractivity contribution >= 4 is 21.7 Å². The van der Waals surface area contributed by atoms with Crippen molar-refractivity contribution in [2.75, 3.05) is 24.5 Å². The molecule has 2 heterocycles. The molecule has 3 rings (SSSR count). The monoisotopic (exact) mass is 466 g/mol. The predicted molar refractivity (Wildman–Crippen MR) is 112 cm³/mol. The number of sulfonamides is 1. The van der Waals surface area contributed by atoms with E-state index in [0.717, 1.165) is 12.3 Å². The number of carbonyl (C=O) groups excluding carboxylic acids is 1. The predicted octanol–water partition coefficient (Wildman–Crippen LogP) is 2.41. The molecule has 1 amide bonds. The number of aromatic nitrogens is 1. The number of nitrogens with one attached hydrogen (secondary N) is 2. The lowest BCUT2D eigenvalue weighted by Crippen LogP contribution is -2.45. The lowest BCUT2D eigenvalue weighted by molar-refractivity contribution is -0.137. The first kappa shape index (κ1) is 23.6. The number of hydrogen-bond acceptors (Lipinski definition) is 5. The summed E-state index contributed by atoms with van der Waals surface area (Å²) in [5, 5.41) is 2.88. The molecule has 1 aliphatic rings. The number of hydrogen-bond donors (Lipinski definition) is 2. The third kappa shape index (κ3) is 5.77. The fourth-order valence-electron chi connectivity index (χ4n) is 3.29. The highest BCUT2D eigenvalue weighted by Gasteiger charge is 2.31. The van der Waals surface area contributed by atoms with Gasteiger partial charge in [0.05, 0.1) is 17.0 Å². The maximum absolute atomic E-state index is 12.7. The number of alkyl halides is 3. The minimum atomic E-state index is -4.43. The zero-order valence-electron chi connectivity index (χ0n) is 16.9. The third-order valence-corrected chi connectivity index (χ3v) is 6.40. The molecule has 32 heavy (non-hydrogen) atoms. The molecular weight excluding hydrogens is 445 g/mol. The minimum Gasteiger partial charge on any atom is -0.356 e. The summed E-state index contributed by atoms with van der Waals surface area (Å²) in [5.74, 6) is 2.21. The van der Waals surface area contributed by atoms with Crippen LogP contribution in [0.2, 0.25) is 0 Å². The van der Waals surface area contributed by atoms with Crippen molar-refractivity contribution in [2.45, 2.75) is 30.0 Å². The number of nitrogens with zero attached hydrogens (tertiary/aromatic N) is 2. The summed E-state index contributed by atoms with van der Waals surface area (Å²) in [6.45, 7) is 0.854. The molecule has 1 aromatic carbocycles. The van der Waals surface area contributed by atoms with Crippen LogP contribution in [-0.2, 0) is 16.2 Å². The highest BCUT2D eigenvalue weighted by molar-refractivity contribution is 7.89. The summed E-state index contributed by atoms with van der Waals surface area (Å²) >= 11 is 0. The Labute approximate surface area is 184 Å². The van der Waals surface area contributed by atoms with Crippen molar-refractivity contribution in [1.82, 2.24) is 15.0 Å². The number of halogens is 3. The first-order valence-corrected chi connectivity index (χ1v) is 11.2. The molecule has 170 valence electrons. The van der Waals surface area contributed by atoms with Crippen LogP contribution >= 0.6 is 0 Å². The van der Waals surface area contributed by atoms with Crippen molar-refractivity contribution in [1.29, 1.82) is 0 Å². The third-order valence-electron chi connectivity index (χ3n) is 5.00. The summed E-state index contributed by atoms with van der Waals surface area (Å²) < 4.78 is 64.7. The van der Waals surface area contributed by atoms with Gasteiger partial charge in [-0.1, -0.05) is 12.0 Å². The van der Waals surface area contributed by atoms with Gasteiger partial charge in [0.2, 0.25) is 10.0 Å². The fraction of sp³-hybridized carbons (Fsp3) is 0.333. The van der Waals surface area contributed by atoms with Crippen LogP contribution in [-0.4, -0.2) is 45.0 Å². The molecule has 0 spiro atoms. The Balaban J connectivity index is 1.58. The maximum Gasteiger partial charge on any atom is 0.417 e. The highest BCUT2D eigenvalue weighted by atomic mass is 32.2. The second kappa shape index (κ2) is 9.58. The number of terminal acetylenes is 1. The molecule has 1 fully saturated rings. The lowest BCUT2D eigenvalue weighted by Gasteiger charge is -2.33. The van der Waals surface area contributed by atoms with Crippen LogP contribution in [0.1, 0.15) is 28.8 Å². The Bertz CT molecular complexity index is 1100. The molecule has 1 aliphatic heterocycles. The van der Waals surface area contributed by atoms with Crippen LogP contribution in [0.5, 0.6) is 0 Å². The van der Waals surface area contributed by atoms with Crippen molar-refractivity contribution in [2.24, 2.45) is 0 Å². The number of pyridine rings is 1. The topological polar surface area (TPSA) is 91.4 Å². The van der Waals surface area contributed by atoms with Gasteiger partial charge in [-0.15, -0.1) is 6.42 Å². The van der Waals surface area contributed by atoms with E-state index < -0.39 is 27.7 Å². The van der Waals surface area contributed by atoms with E-state index in [1.165, 1.54) is 30.3 Å². The van der Waals surface area contributed by atoms with Crippen LogP contribution in [0, 0.1) is 12.3 Å². The zero-order valence-corrected chi connectivity index (χ0v) is 17.7. The van der Waals surface area contributed by atoms with E-state index in [2.05, 4.69) is 20.9 Å². The first-order chi connectivity index (χ1) is 15.1. The molecule has 1 saturated heterocycles. The van der Waals surface area contributed by atoms with E-state index in [9.17, 15) is 26.4 Å². The van der Waals surface area contributed by atoms with Crippen molar-refractivity contribution in [3.63, 3.8) is 0 Å². The van der Waals surface area contributed by atoms with Gasteiger partial charge in [0, 0.05) is 30.9 Å². The average molecular weight is 466 g/mol. The zero-order chi connectivity index (χ0) is 23.4. The van der Waals surface area contributed by atoms with Gasteiger partial charge >= 0.3 is 6.18 Å². The van der Waals surface area contributed by atoms with E-state index in [1.54, 1.807) is 0 Å². The van der Waals surface area contributed by atoms with Crippen molar-refractivity contribution in [3.05, 3.63) is 53.7 Å². The average Bonchev–Trinajstić information content (AvgIpc) is 2.78. The Hall–Kier alpha value is -3.10. The maximum atomic E-state index is 12.7. The Morgan fingerprint density at radius 1 is 1.22 bits per heavy atom. The van der Waals surface area contributed by atoms with E-state index in [4.69, 9.17) is 6.42 Å². The van der Waals surface area contributed by atoms with Gasteiger partial charge in [-0.3, -0.25) is 4.79 Å². The molecule has 7 nitrogen and oxygen atoms in total. The summed E-state index contributed by atoms with van der Waals surface area (Å²) in [5.41, 5.74) is -0.609. The number of carbonyl (C=O) groups is 1. The number of amides is 1. The molecule has 2 N–H and O–H groups in total. The van der Waals surface area contributed by atoms with Crippen LogP contribution in [0.4, 0.5) is 19.0 Å². The highest BCUT2D eigenvalue weighted by Crippen LogP contribution is 2.29. The SMILES string of the molecule is C#CCNS(=O)(=O)c1cccc(C(=O)NC2CCN(c3ccc(C(F)(F)F)cn3)CC2)c1. The normalized spacial score (nSPS) is 15.2. The van der Waals surface area contributed by atoms with E-state index in [-0.39, 0.29) is 23.0 Å². The number of rotatable bonds is 6. The van der Waals surface area contributed by atoms with Gasteiger partial charge in [0.25, 0.3) is 5.91 Å². The number of anilines is 1. The van der Waals surface area contributed by atoms with E-state index >= 15 is 0 Å². The Kier molecular flexibility index (Phi) is 7.06. The minimum absolute atomic E-state index is 0.0661. The van der Waals surface area contributed by atoms with Crippen molar-refractivity contribution in [3.8, 4) is 12.3 Å². The molecule has 0 unspecified atom stereocenters. The Morgan fingerprint density at radius 3 is 2.53 bits per heavy atom. The molecule has 0 aliphatic carbocycles. The standard InChI is InChI=1S/C21H21F3N4O3S/c1-2-10-26-32(30,31)18-5-3-4-15(13-18)20(29)27-17-8-11-28(12-9-17)19-7-6-16(14-25-19)21(22,23)24/h1,3-7,13-14,17,26H,8-12H2,(H,27,29).